The Labute approximate surface area is 228 Å². The van der Waals surface area contributed by atoms with Crippen LogP contribution in [0.15, 0.2) is 0 Å². The van der Waals surface area contributed by atoms with Crippen LogP contribution in [-0.4, -0.2) is 26.5 Å². The zero-order chi connectivity index (χ0) is 23.7. The average Bonchev–Trinajstić information content (AvgIpc) is 2.69. The number of nitrogens with two attached hydrogens (primary N) is 2. The molecule has 0 spiro atoms. The van der Waals surface area contributed by atoms with Crippen LogP contribution in [0.3, 0.4) is 0 Å². The van der Waals surface area contributed by atoms with Crippen LogP contribution in [0, 0.1) is 39.9 Å². The third-order valence-corrected chi connectivity index (χ3v) is 5.09. The van der Waals surface area contributed by atoms with Crippen molar-refractivity contribution in [1.29, 1.82) is 0 Å². The van der Waals surface area contributed by atoms with E-state index in [0.29, 0.717) is 6.42 Å². The zero-order valence-corrected chi connectivity index (χ0v) is 22.7. The van der Waals surface area contributed by atoms with E-state index in [1.54, 1.807) is 0 Å². The molecule has 0 aliphatic heterocycles. The number of amides is 2. The number of primary amides is 2. The van der Waals surface area contributed by atoms with E-state index >= 15 is 0 Å². The molecule has 2 amide bonds. The van der Waals surface area contributed by atoms with Crippen LogP contribution in [0.4, 0.5) is 0 Å². The first-order valence-corrected chi connectivity index (χ1v) is 12.7. The summed E-state index contributed by atoms with van der Waals surface area (Å²) < 4.78 is 24.3. The van der Waals surface area contributed by atoms with E-state index in [9.17, 15) is 23.1 Å². The third-order valence-electron chi connectivity index (χ3n) is 4.76. The summed E-state index contributed by atoms with van der Waals surface area (Å²) in [5, 5.41) is 0. The van der Waals surface area contributed by atoms with Gasteiger partial charge in [0.2, 0.25) is 11.8 Å². The Morgan fingerprint density at radius 1 is 0.656 bits per heavy atom. The Morgan fingerprint density at radius 2 is 0.969 bits per heavy atom. The molecule has 0 aliphatic rings. The molecule has 0 heterocycles. The van der Waals surface area contributed by atoms with Crippen molar-refractivity contribution in [3.05, 3.63) is 0 Å². The smallest absolute Gasteiger partial charge is 0.319 e. The molecule has 0 bridgehead atoms. The summed E-state index contributed by atoms with van der Waals surface area (Å²) in [5.41, 5.74) is 9.39. The van der Waals surface area contributed by atoms with Crippen molar-refractivity contribution in [1.82, 2.24) is 0 Å². The van der Waals surface area contributed by atoms with Gasteiger partial charge in [-0.05, 0) is 6.42 Å². The van der Waals surface area contributed by atoms with Crippen molar-refractivity contribution in [3.63, 3.8) is 0 Å². The summed E-state index contributed by atoms with van der Waals surface area (Å²) in [7, 11) is 0. The Hall–Kier alpha value is -0.155. The van der Waals surface area contributed by atoms with Gasteiger partial charge < -0.3 is 20.2 Å². The zero-order valence-electron chi connectivity index (χ0n) is 19.6. The SMILES string of the molecule is CCCCCCCCCCCCCCCCCC(=O)OS(=O)[O-].NC(=O)CCC(N)=O.[Gd]. The summed E-state index contributed by atoms with van der Waals surface area (Å²) >= 11 is -2.71. The van der Waals surface area contributed by atoms with E-state index in [1.165, 1.54) is 77.0 Å². The minimum Gasteiger partial charge on any atom is -0.740 e. The van der Waals surface area contributed by atoms with Gasteiger partial charge in [0, 0.05) is 59.2 Å². The molecule has 192 valence electrons. The maximum atomic E-state index is 11.0. The Bertz CT molecular complexity index is 481. The van der Waals surface area contributed by atoms with E-state index in [2.05, 4.69) is 11.1 Å². The van der Waals surface area contributed by atoms with Crippen molar-refractivity contribution in [2.24, 2.45) is 11.5 Å². The number of unbranched alkanes of at least 4 members (excludes halogenated alkanes) is 14. The molecule has 0 saturated heterocycles. The van der Waals surface area contributed by atoms with Gasteiger partial charge in [0.1, 0.15) is 11.4 Å². The molecule has 0 aliphatic carbocycles. The van der Waals surface area contributed by atoms with Gasteiger partial charge in [0.05, 0.1) is 0 Å². The first-order valence-electron chi connectivity index (χ1n) is 11.7. The van der Waals surface area contributed by atoms with Gasteiger partial charge in [-0.3, -0.25) is 14.4 Å². The number of carbonyl (C=O) groups is 3. The van der Waals surface area contributed by atoms with Crippen LogP contribution in [0.5, 0.6) is 0 Å². The first-order chi connectivity index (χ1) is 14.8. The van der Waals surface area contributed by atoms with E-state index in [1.807, 2.05) is 0 Å². The molecule has 0 saturated carbocycles. The summed E-state index contributed by atoms with van der Waals surface area (Å²) in [6.45, 7) is 2.26. The van der Waals surface area contributed by atoms with Crippen LogP contribution >= 0.6 is 0 Å². The molecular weight excluding hydrogens is 578 g/mol. The second kappa shape index (κ2) is 28.9. The molecule has 0 radical (unpaired) electrons. The van der Waals surface area contributed by atoms with Gasteiger partial charge in [-0.15, -0.1) is 0 Å². The predicted molar refractivity (Wildman–Crippen MR) is 122 cm³/mol. The van der Waals surface area contributed by atoms with E-state index in [4.69, 9.17) is 11.5 Å². The third kappa shape index (κ3) is 37.2. The summed E-state index contributed by atoms with van der Waals surface area (Å²) in [6, 6.07) is 0. The second-order valence-corrected chi connectivity index (χ2v) is 8.37. The van der Waals surface area contributed by atoms with Crippen LogP contribution in [0.1, 0.15) is 122 Å². The predicted octanol–water partition coefficient (Wildman–Crippen LogP) is 4.32. The molecule has 1 atom stereocenters. The van der Waals surface area contributed by atoms with Gasteiger partial charge in [-0.2, -0.15) is 0 Å². The molecule has 10 heteroatoms. The number of rotatable bonds is 20. The van der Waals surface area contributed by atoms with E-state index in [-0.39, 0.29) is 59.2 Å². The van der Waals surface area contributed by atoms with Gasteiger partial charge >= 0.3 is 5.97 Å². The minimum atomic E-state index is -2.71. The number of hydrogen-bond donors (Lipinski definition) is 2. The summed E-state index contributed by atoms with van der Waals surface area (Å²) in [5.74, 6) is -1.64. The molecule has 0 rings (SSSR count). The summed E-state index contributed by atoms with van der Waals surface area (Å²) in [4.78, 5) is 30.8. The van der Waals surface area contributed by atoms with Gasteiger partial charge in [0.15, 0.2) is 0 Å². The monoisotopic (exact) mass is 621 g/mol. The normalized spacial score (nSPS) is 10.9. The quantitative estimate of drug-likeness (QED) is 0.153. The van der Waals surface area contributed by atoms with Crippen LogP contribution in [0.2, 0.25) is 0 Å². The fourth-order valence-corrected chi connectivity index (χ4v) is 3.24. The molecular formula is C22H43GdN2O6S-. The fraction of sp³-hybridized carbons (Fsp3) is 0.864. The molecule has 4 N–H and O–H groups in total. The topological polar surface area (TPSA) is 153 Å². The number of carbonyl (C=O) groups excluding carboxylic acids is 3. The van der Waals surface area contributed by atoms with E-state index in [0.717, 1.165) is 12.8 Å². The number of hydrogen-bond acceptors (Lipinski definition) is 6. The van der Waals surface area contributed by atoms with E-state index < -0.39 is 29.1 Å². The van der Waals surface area contributed by atoms with Crippen molar-refractivity contribution in [3.8, 4) is 0 Å². The van der Waals surface area contributed by atoms with Crippen LogP contribution < -0.4 is 11.5 Å². The second-order valence-electron chi connectivity index (χ2n) is 7.79. The van der Waals surface area contributed by atoms with Gasteiger partial charge in [-0.25, -0.2) is 4.21 Å². The summed E-state index contributed by atoms with van der Waals surface area (Å²) in [6.07, 6.45) is 19.3. The molecule has 32 heavy (non-hydrogen) atoms. The maximum absolute atomic E-state index is 11.0. The maximum Gasteiger partial charge on any atom is 0.319 e. The van der Waals surface area contributed by atoms with Crippen molar-refractivity contribution < 1.29 is 67.3 Å². The molecule has 0 aromatic carbocycles. The minimum absolute atomic E-state index is 0. The van der Waals surface area contributed by atoms with Crippen molar-refractivity contribution in [2.75, 3.05) is 0 Å². The standard InChI is InChI=1S/C18H36O4S.C4H8N2O2.Gd/c1-2-3-4-5-6-7-8-9-10-11-12-13-14-15-16-17-18(19)22-23(20)21;5-3(7)1-2-4(6)8;/h2-17H2,1H3,(H,20,21);1-2H2,(H2,5,7)(H2,6,8);/p-1. The molecule has 0 fully saturated rings. The molecule has 8 nitrogen and oxygen atoms in total. The molecule has 1 unspecified atom stereocenters. The first kappa shape index (κ1) is 36.4. The van der Waals surface area contributed by atoms with Gasteiger partial charge in [0.25, 0.3) is 0 Å². The Kier molecular flexibility index (Phi) is 32.9. The largest absolute Gasteiger partial charge is 0.740 e. The fourth-order valence-electron chi connectivity index (χ4n) is 3.00. The molecule has 0 aromatic heterocycles. The Morgan fingerprint density at radius 3 is 1.25 bits per heavy atom. The van der Waals surface area contributed by atoms with Crippen LogP contribution in [-0.2, 0) is 29.9 Å². The molecule has 0 aromatic rings. The van der Waals surface area contributed by atoms with Crippen LogP contribution in [0.25, 0.3) is 0 Å². The van der Waals surface area contributed by atoms with Crippen molar-refractivity contribution in [2.45, 2.75) is 122 Å². The van der Waals surface area contributed by atoms with Gasteiger partial charge in [-0.1, -0.05) is 96.8 Å². The van der Waals surface area contributed by atoms with Crippen molar-refractivity contribution >= 4 is 29.1 Å². The average molecular weight is 621 g/mol. The Balaban J connectivity index is -0.000000793.